The van der Waals surface area contributed by atoms with Crippen molar-refractivity contribution in [2.24, 2.45) is 0 Å². The molecular formula is C62H58N4O. The molecule has 1 aliphatic heterocycles. The van der Waals surface area contributed by atoms with E-state index in [9.17, 15) is 0 Å². The van der Waals surface area contributed by atoms with Crippen LogP contribution in [0.15, 0.2) is 164 Å². The molecule has 0 fully saturated rings. The molecule has 67 heavy (non-hydrogen) atoms. The average Bonchev–Trinajstić information content (AvgIpc) is 3.87. The molecule has 332 valence electrons. The molecule has 13 rings (SSSR count). The summed E-state index contributed by atoms with van der Waals surface area (Å²) < 4.78 is 9.24. The quantitative estimate of drug-likeness (QED) is 0.172. The molecular weight excluding hydrogens is 817 g/mol. The first-order valence-electron chi connectivity index (χ1n) is 24.0. The van der Waals surface area contributed by atoms with E-state index in [1.807, 2.05) is 6.20 Å². The van der Waals surface area contributed by atoms with Gasteiger partial charge in [0.05, 0.1) is 28.1 Å². The third-order valence-electron chi connectivity index (χ3n) is 14.7. The number of fused-ring (bicyclic) bond motifs is 4. The Morgan fingerprint density at radius 3 is 1.76 bits per heavy atom. The van der Waals surface area contributed by atoms with Crippen LogP contribution >= 0.6 is 0 Å². The lowest BCUT2D eigenvalue weighted by Gasteiger charge is -2.43. The summed E-state index contributed by atoms with van der Waals surface area (Å²) in [4.78, 5) is 10.1. The van der Waals surface area contributed by atoms with Gasteiger partial charge in [0.15, 0.2) is 0 Å². The highest BCUT2D eigenvalue weighted by Crippen LogP contribution is 2.62. The van der Waals surface area contributed by atoms with Crippen LogP contribution in [0.4, 0.5) is 22.7 Å². The summed E-state index contributed by atoms with van der Waals surface area (Å²) in [5.41, 5.74) is 19.4. The lowest BCUT2D eigenvalue weighted by molar-refractivity contribution is 0.483. The van der Waals surface area contributed by atoms with Crippen LogP contribution in [0.2, 0.25) is 0 Å². The maximum atomic E-state index is 6.96. The zero-order valence-corrected chi connectivity index (χ0v) is 40.1. The predicted molar refractivity (Wildman–Crippen MR) is 278 cm³/mol. The van der Waals surface area contributed by atoms with Crippen LogP contribution < -0.4 is 14.5 Å². The minimum atomic E-state index is -0.0820. The fraction of sp³-hybridized carbons (Fsp3) is 0.242. The van der Waals surface area contributed by atoms with Crippen LogP contribution in [0.1, 0.15) is 124 Å². The van der Waals surface area contributed by atoms with Crippen LogP contribution in [0.5, 0.6) is 11.5 Å². The third-order valence-corrected chi connectivity index (χ3v) is 14.7. The Balaban J connectivity index is 1.02. The lowest BCUT2D eigenvalue weighted by Crippen LogP contribution is -2.30. The van der Waals surface area contributed by atoms with E-state index in [-0.39, 0.29) is 28.1 Å². The lowest BCUT2D eigenvalue weighted by atomic mass is 9.60. The first kappa shape index (κ1) is 41.3. The summed E-state index contributed by atoms with van der Waals surface area (Å²) in [6.45, 7) is 21.5. The van der Waals surface area contributed by atoms with E-state index < -0.39 is 0 Å². The number of rotatable bonds is 5. The summed E-state index contributed by atoms with van der Waals surface area (Å²) in [7, 11) is 0. The number of hydrogen-bond donors (Lipinski definition) is 0. The average molecular weight is 875 g/mol. The molecule has 0 N–H and O–H groups in total. The van der Waals surface area contributed by atoms with E-state index >= 15 is 0 Å². The summed E-state index contributed by atoms with van der Waals surface area (Å²) >= 11 is 0. The first-order valence-corrected chi connectivity index (χ1v) is 24.0. The Hall–Kier alpha value is -7.11. The number of nitrogens with zero attached hydrogens (tertiary/aromatic N) is 4. The molecule has 0 atom stereocenters. The van der Waals surface area contributed by atoms with Gasteiger partial charge >= 0.3 is 0 Å². The molecule has 3 aliphatic carbocycles. The zero-order chi connectivity index (χ0) is 46.1. The predicted octanol–water partition coefficient (Wildman–Crippen LogP) is 16.1. The van der Waals surface area contributed by atoms with E-state index in [1.165, 1.54) is 77.9 Å². The number of aromatic nitrogens is 2. The zero-order valence-electron chi connectivity index (χ0n) is 40.1. The highest BCUT2D eigenvalue weighted by atomic mass is 16.5. The Kier molecular flexibility index (Phi) is 9.06. The topological polar surface area (TPSA) is 33.5 Å². The van der Waals surface area contributed by atoms with Gasteiger partial charge in [-0.3, -0.25) is 4.57 Å². The minimum absolute atomic E-state index is 0.0126. The summed E-state index contributed by atoms with van der Waals surface area (Å²) in [5.74, 6) is 2.76. The van der Waals surface area contributed by atoms with Gasteiger partial charge in [-0.25, -0.2) is 4.98 Å². The Bertz CT molecular complexity index is 3380. The van der Waals surface area contributed by atoms with E-state index in [0.717, 1.165) is 34.0 Å². The second-order valence-corrected chi connectivity index (χ2v) is 22.0. The summed E-state index contributed by atoms with van der Waals surface area (Å²) in [6, 6.07) is 58.4. The molecule has 4 aliphatic rings. The monoisotopic (exact) mass is 874 g/mol. The van der Waals surface area contributed by atoms with Crippen molar-refractivity contribution in [1.29, 1.82) is 0 Å². The fourth-order valence-corrected chi connectivity index (χ4v) is 11.6. The van der Waals surface area contributed by atoms with Crippen molar-refractivity contribution in [3.05, 3.63) is 214 Å². The van der Waals surface area contributed by atoms with Gasteiger partial charge in [0.1, 0.15) is 24.0 Å². The van der Waals surface area contributed by atoms with Gasteiger partial charge in [-0.15, -0.1) is 0 Å². The number of ether oxygens (including phenoxy) is 1. The summed E-state index contributed by atoms with van der Waals surface area (Å²) in [6.07, 6.45) is 1.94. The van der Waals surface area contributed by atoms with Crippen molar-refractivity contribution in [1.82, 2.24) is 9.55 Å². The van der Waals surface area contributed by atoms with Gasteiger partial charge < -0.3 is 14.5 Å². The second kappa shape index (κ2) is 14.7. The molecule has 0 saturated heterocycles. The molecule has 0 unspecified atom stereocenters. The van der Waals surface area contributed by atoms with Gasteiger partial charge in [0, 0.05) is 46.6 Å². The largest absolute Gasteiger partial charge is 0.457 e. The molecule has 0 saturated carbocycles. The maximum absolute atomic E-state index is 6.96. The number of pyridine rings is 1. The summed E-state index contributed by atoms with van der Waals surface area (Å²) in [5, 5.41) is 2.36. The van der Waals surface area contributed by atoms with Crippen molar-refractivity contribution in [2.75, 3.05) is 16.5 Å². The smallest absolute Gasteiger partial charge is 0.137 e. The Morgan fingerprint density at radius 1 is 0.478 bits per heavy atom. The molecule has 3 heterocycles. The normalized spacial score (nSPS) is 16.3. The van der Waals surface area contributed by atoms with Crippen LogP contribution in [-0.4, -0.2) is 16.2 Å². The van der Waals surface area contributed by atoms with E-state index in [0.29, 0.717) is 6.67 Å². The molecule has 2 bridgehead atoms. The van der Waals surface area contributed by atoms with E-state index in [4.69, 9.17) is 9.72 Å². The fourth-order valence-electron chi connectivity index (χ4n) is 11.6. The van der Waals surface area contributed by atoms with Gasteiger partial charge in [0.2, 0.25) is 0 Å². The van der Waals surface area contributed by atoms with Crippen LogP contribution in [0.3, 0.4) is 0 Å². The van der Waals surface area contributed by atoms with Crippen molar-refractivity contribution in [3.63, 3.8) is 0 Å². The highest BCUT2D eigenvalue weighted by molar-refractivity contribution is 6.09. The number of anilines is 4. The first-order chi connectivity index (χ1) is 32.1. The van der Waals surface area contributed by atoms with Crippen molar-refractivity contribution >= 4 is 44.6 Å². The molecule has 9 aromatic rings. The van der Waals surface area contributed by atoms with Crippen molar-refractivity contribution in [3.8, 4) is 17.3 Å². The molecule has 5 nitrogen and oxygen atoms in total. The second-order valence-electron chi connectivity index (χ2n) is 22.0. The SMILES string of the molecule is CC(C)(C)c1ccnc(-n2c3ccccc3c3ccc(Oc4cccc(N5CN(c6c(C(C)(C)C)cccc6C(C)(C)C)c6ccc7c(c65)C5c6ccccc6C7c6ccccc65)c4)cc32)c1. The van der Waals surface area contributed by atoms with Crippen LogP contribution in [-0.2, 0) is 16.2 Å². The molecule has 0 radical (unpaired) electrons. The molecule has 7 aromatic carbocycles. The standard InChI is InChI=1S/C62H58N4O/c1-60(2,3)38-32-33-63-54(34-38)66-51-27-15-14-20-42(51)43-29-28-41(36-53(43)66)67-40-19-16-18-39(35-40)64-37-65(58-49(61(4,5)6)25-17-26-50(58)62(7,8)9)52-31-30-48-55-44-21-10-12-23-46(44)56(57(48)59(52)64)47-24-13-11-22-45(47)55/h10-36,55-56H,37H2,1-9H3. The van der Waals surface area contributed by atoms with Gasteiger partial charge in [-0.05, 0) is 115 Å². The number of benzene rings is 7. The molecule has 0 spiro atoms. The van der Waals surface area contributed by atoms with Gasteiger partial charge in [-0.1, -0.05) is 159 Å². The number of hydrogen-bond acceptors (Lipinski definition) is 4. The van der Waals surface area contributed by atoms with Crippen molar-refractivity contribution < 1.29 is 4.74 Å². The maximum Gasteiger partial charge on any atom is 0.137 e. The van der Waals surface area contributed by atoms with Crippen molar-refractivity contribution in [2.45, 2.75) is 90.4 Å². The Morgan fingerprint density at radius 2 is 1.09 bits per heavy atom. The molecule has 5 heteroatoms. The van der Waals surface area contributed by atoms with Crippen LogP contribution in [0.25, 0.3) is 27.6 Å². The number of para-hydroxylation sites is 2. The highest BCUT2D eigenvalue weighted by Gasteiger charge is 2.46. The third kappa shape index (κ3) is 6.45. The van der Waals surface area contributed by atoms with Crippen LogP contribution in [0, 0.1) is 0 Å². The molecule has 2 aromatic heterocycles. The minimum Gasteiger partial charge on any atom is -0.457 e. The van der Waals surface area contributed by atoms with E-state index in [1.54, 1.807) is 0 Å². The van der Waals surface area contributed by atoms with Gasteiger partial charge in [-0.2, -0.15) is 0 Å². The molecule has 0 amide bonds. The van der Waals surface area contributed by atoms with E-state index in [2.05, 4.69) is 234 Å². The van der Waals surface area contributed by atoms with Gasteiger partial charge in [0.25, 0.3) is 0 Å². The Labute approximate surface area is 395 Å².